The van der Waals surface area contributed by atoms with Gasteiger partial charge in [-0.15, -0.1) is 11.8 Å². The van der Waals surface area contributed by atoms with Crippen molar-refractivity contribution in [2.45, 2.75) is 17.6 Å². The Morgan fingerprint density at radius 3 is 2.30 bits per heavy atom. The van der Waals surface area contributed by atoms with Crippen molar-refractivity contribution in [1.29, 1.82) is 0 Å². The van der Waals surface area contributed by atoms with Crippen molar-refractivity contribution in [3.05, 3.63) is 96.1 Å². The van der Waals surface area contributed by atoms with E-state index in [1.54, 1.807) is 6.92 Å². The lowest BCUT2D eigenvalue weighted by Crippen LogP contribution is -2.13. The Kier molecular flexibility index (Phi) is 6.10. The molecule has 0 aliphatic rings. The van der Waals surface area contributed by atoms with Crippen molar-refractivity contribution in [2.75, 3.05) is 10.6 Å². The largest absolute Gasteiger partial charge is 0.356 e. The number of para-hydroxylation sites is 1. The van der Waals surface area contributed by atoms with Gasteiger partial charge in [0.05, 0.1) is 11.3 Å². The van der Waals surface area contributed by atoms with Gasteiger partial charge in [-0.05, 0) is 55.5 Å². The fourth-order valence-electron chi connectivity index (χ4n) is 2.84. The molecule has 150 valence electrons. The molecule has 0 radical (unpaired) electrons. The quantitative estimate of drug-likeness (QED) is 0.378. The number of amides is 1. The summed E-state index contributed by atoms with van der Waals surface area (Å²) in [4.78, 5) is 17.9. The summed E-state index contributed by atoms with van der Waals surface area (Å²) in [7, 11) is 0. The number of aromatic nitrogens is 2. The van der Waals surface area contributed by atoms with Gasteiger partial charge in [-0.3, -0.25) is 4.79 Å². The van der Waals surface area contributed by atoms with Crippen LogP contribution in [0.2, 0.25) is 0 Å². The molecule has 0 saturated carbocycles. The van der Waals surface area contributed by atoms with Crippen LogP contribution in [-0.2, 0) is 5.75 Å². The summed E-state index contributed by atoms with van der Waals surface area (Å²) in [6.45, 7) is 1.78. The fourth-order valence-corrected chi connectivity index (χ4v) is 3.73. The van der Waals surface area contributed by atoms with E-state index in [1.807, 2.05) is 78.9 Å². The van der Waals surface area contributed by atoms with Crippen molar-refractivity contribution >= 4 is 34.7 Å². The number of rotatable bonds is 7. The van der Waals surface area contributed by atoms with Gasteiger partial charge in [0.25, 0.3) is 5.91 Å². The zero-order valence-electron chi connectivity index (χ0n) is 16.3. The van der Waals surface area contributed by atoms with Gasteiger partial charge in [-0.25, -0.2) is 0 Å². The van der Waals surface area contributed by atoms with Gasteiger partial charge in [0.2, 0.25) is 5.89 Å². The van der Waals surface area contributed by atoms with Crippen LogP contribution in [0.5, 0.6) is 0 Å². The monoisotopic (exact) mass is 416 g/mol. The first-order valence-electron chi connectivity index (χ1n) is 9.42. The van der Waals surface area contributed by atoms with Crippen LogP contribution < -0.4 is 10.6 Å². The molecule has 0 saturated heterocycles. The average molecular weight is 417 g/mol. The first-order chi connectivity index (χ1) is 14.7. The van der Waals surface area contributed by atoms with Crippen LogP contribution in [0.25, 0.3) is 0 Å². The maximum atomic E-state index is 12.8. The Hall–Kier alpha value is -3.58. The number of hydrogen-bond acceptors (Lipinski definition) is 6. The summed E-state index contributed by atoms with van der Waals surface area (Å²) >= 11 is 1.49. The predicted octanol–water partition coefficient (Wildman–Crippen LogP) is 5.67. The lowest BCUT2D eigenvalue weighted by atomic mass is 10.2. The van der Waals surface area contributed by atoms with Crippen molar-refractivity contribution in [1.82, 2.24) is 10.1 Å². The minimum Gasteiger partial charge on any atom is -0.356 e. The number of carbonyl (C=O) groups excluding carboxylic acids is 1. The van der Waals surface area contributed by atoms with E-state index in [-0.39, 0.29) is 5.91 Å². The number of hydrogen-bond donors (Lipinski definition) is 2. The van der Waals surface area contributed by atoms with E-state index in [2.05, 4.69) is 20.8 Å². The fraction of sp³-hybridized carbons (Fsp3) is 0.0870. The van der Waals surface area contributed by atoms with Crippen LogP contribution in [0.3, 0.4) is 0 Å². The molecule has 0 unspecified atom stereocenters. The van der Waals surface area contributed by atoms with E-state index in [4.69, 9.17) is 4.52 Å². The van der Waals surface area contributed by atoms with Crippen LogP contribution in [0.15, 0.2) is 88.3 Å². The smallest absolute Gasteiger partial charge is 0.256 e. The maximum absolute atomic E-state index is 12.8. The van der Waals surface area contributed by atoms with Gasteiger partial charge in [-0.2, -0.15) is 4.98 Å². The van der Waals surface area contributed by atoms with Crippen molar-refractivity contribution in [3.63, 3.8) is 0 Å². The lowest BCUT2D eigenvalue weighted by Gasteiger charge is -2.11. The van der Waals surface area contributed by atoms with Gasteiger partial charge >= 0.3 is 0 Å². The van der Waals surface area contributed by atoms with Gasteiger partial charge in [-0.1, -0.05) is 35.5 Å². The van der Waals surface area contributed by atoms with E-state index < -0.39 is 0 Å². The highest BCUT2D eigenvalue weighted by atomic mass is 32.2. The average Bonchev–Trinajstić information content (AvgIpc) is 3.20. The minimum atomic E-state index is -0.163. The topological polar surface area (TPSA) is 80.0 Å². The molecule has 0 aliphatic carbocycles. The number of nitrogens with zero attached hydrogens (tertiary/aromatic N) is 2. The summed E-state index contributed by atoms with van der Waals surface area (Å²) in [6.07, 6.45) is 0. The molecule has 4 aromatic rings. The van der Waals surface area contributed by atoms with Crippen LogP contribution in [0, 0.1) is 6.92 Å². The van der Waals surface area contributed by atoms with E-state index in [9.17, 15) is 4.79 Å². The normalized spacial score (nSPS) is 10.6. The van der Waals surface area contributed by atoms with Crippen LogP contribution in [0.1, 0.15) is 22.1 Å². The Balaban J connectivity index is 1.41. The summed E-state index contributed by atoms with van der Waals surface area (Å²) in [5.74, 6) is 1.48. The molecule has 0 atom stereocenters. The number of thioether (sulfide) groups is 1. The number of nitrogens with one attached hydrogen (secondary N) is 2. The van der Waals surface area contributed by atoms with Crippen LogP contribution in [-0.4, -0.2) is 16.0 Å². The minimum absolute atomic E-state index is 0.163. The van der Waals surface area contributed by atoms with Crippen LogP contribution >= 0.6 is 11.8 Å². The Morgan fingerprint density at radius 1 is 0.900 bits per heavy atom. The highest BCUT2D eigenvalue weighted by Crippen LogP contribution is 2.27. The van der Waals surface area contributed by atoms with Gasteiger partial charge < -0.3 is 15.2 Å². The van der Waals surface area contributed by atoms with Crippen molar-refractivity contribution in [3.8, 4) is 0 Å². The Morgan fingerprint density at radius 2 is 1.57 bits per heavy atom. The molecule has 1 amide bonds. The SMILES string of the molecule is Cc1noc(CSc2ccccc2C(=O)Nc2ccc(Nc3ccccc3)cc2)n1. The van der Waals surface area contributed by atoms with E-state index in [1.165, 1.54) is 11.8 Å². The van der Waals surface area contributed by atoms with Gasteiger partial charge in [0.1, 0.15) is 0 Å². The summed E-state index contributed by atoms with van der Waals surface area (Å²) < 4.78 is 5.15. The number of anilines is 3. The molecular formula is C23H20N4O2S. The molecule has 0 bridgehead atoms. The molecule has 0 aliphatic heterocycles. The summed E-state index contributed by atoms with van der Waals surface area (Å²) in [5, 5.41) is 10.1. The summed E-state index contributed by atoms with van der Waals surface area (Å²) in [5.41, 5.74) is 3.29. The second-order valence-corrected chi connectivity index (χ2v) is 7.56. The predicted molar refractivity (Wildman–Crippen MR) is 119 cm³/mol. The summed E-state index contributed by atoms with van der Waals surface area (Å²) in [6, 6.07) is 25.0. The lowest BCUT2D eigenvalue weighted by molar-refractivity contribution is 0.102. The highest BCUT2D eigenvalue weighted by molar-refractivity contribution is 7.98. The molecule has 2 N–H and O–H groups in total. The standard InChI is InChI=1S/C23H20N4O2S/c1-16-24-22(29-27-16)15-30-21-10-6-5-9-20(21)23(28)26-19-13-11-18(12-14-19)25-17-7-3-2-4-8-17/h2-14,25H,15H2,1H3,(H,26,28). The number of carbonyl (C=O) groups is 1. The van der Waals surface area contributed by atoms with Crippen molar-refractivity contribution < 1.29 is 9.32 Å². The van der Waals surface area contributed by atoms with E-state index in [0.29, 0.717) is 23.0 Å². The third kappa shape index (κ3) is 5.07. The number of benzene rings is 3. The molecule has 3 aromatic carbocycles. The Bertz CT molecular complexity index is 1130. The van der Waals surface area contributed by atoms with Crippen LogP contribution in [0.4, 0.5) is 17.1 Å². The molecule has 1 aromatic heterocycles. The van der Waals surface area contributed by atoms with Gasteiger partial charge in [0, 0.05) is 22.0 Å². The molecule has 0 fully saturated rings. The maximum Gasteiger partial charge on any atom is 0.256 e. The Labute approximate surface area is 178 Å². The molecule has 7 heteroatoms. The molecule has 30 heavy (non-hydrogen) atoms. The zero-order valence-corrected chi connectivity index (χ0v) is 17.1. The zero-order chi connectivity index (χ0) is 20.8. The molecular weight excluding hydrogens is 396 g/mol. The third-order valence-electron chi connectivity index (χ3n) is 4.26. The van der Waals surface area contributed by atoms with E-state index >= 15 is 0 Å². The first-order valence-corrected chi connectivity index (χ1v) is 10.4. The van der Waals surface area contributed by atoms with E-state index in [0.717, 1.165) is 22.0 Å². The van der Waals surface area contributed by atoms with Crippen molar-refractivity contribution in [2.24, 2.45) is 0 Å². The van der Waals surface area contributed by atoms with Gasteiger partial charge in [0.15, 0.2) is 5.82 Å². The second kappa shape index (κ2) is 9.28. The first kappa shape index (κ1) is 19.7. The molecule has 4 rings (SSSR count). The molecule has 1 heterocycles. The molecule has 0 spiro atoms. The highest BCUT2D eigenvalue weighted by Gasteiger charge is 2.13. The third-order valence-corrected chi connectivity index (χ3v) is 5.32. The number of aryl methyl sites for hydroxylation is 1. The second-order valence-electron chi connectivity index (χ2n) is 6.54. The molecule has 6 nitrogen and oxygen atoms in total.